The molecule has 2 aromatic carbocycles. The lowest BCUT2D eigenvalue weighted by Crippen LogP contribution is -2.24. The Labute approximate surface area is 192 Å². The van der Waals surface area contributed by atoms with Crippen LogP contribution in [0.2, 0.25) is 0 Å². The number of amides is 1. The Hall–Kier alpha value is -3.61. The largest absolute Gasteiger partial charge is 0.483 e. The highest BCUT2D eigenvalue weighted by Crippen LogP contribution is 2.19. The molecule has 4 aromatic rings. The molecule has 0 bridgehead atoms. The number of nitrogens with two attached hydrogens (primary N) is 1. The molecule has 0 fully saturated rings. The number of anilines is 1. The van der Waals surface area contributed by atoms with Crippen LogP contribution in [-0.2, 0) is 21.2 Å². The smallest absolute Gasteiger partial charge is 0.291 e. The molecule has 0 radical (unpaired) electrons. The van der Waals surface area contributed by atoms with Crippen LogP contribution in [-0.4, -0.2) is 35.5 Å². The summed E-state index contributed by atoms with van der Waals surface area (Å²) < 4.78 is 30.0. The maximum atomic E-state index is 12.6. The van der Waals surface area contributed by atoms with E-state index in [1.165, 1.54) is 40.1 Å². The van der Waals surface area contributed by atoms with E-state index in [2.05, 4.69) is 15.4 Å². The van der Waals surface area contributed by atoms with Gasteiger partial charge >= 0.3 is 0 Å². The van der Waals surface area contributed by atoms with Gasteiger partial charge in [-0.1, -0.05) is 36.5 Å². The number of aromatic nitrogens is 3. The van der Waals surface area contributed by atoms with Crippen LogP contribution >= 0.6 is 11.3 Å². The summed E-state index contributed by atoms with van der Waals surface area (Å²) in [5, 5.41) is 11.9. The number of ether oxygens (including phenoxy) is 1. The maximum absolute atomic E-state index is 12.6. The summed E-state index contributed by atoms with van der Waals surface area (Å²) in [6, 6.07) is 12.5. The van der Waals surface area contributed by atoms with Crippen LogP contribution in [0.3, 0.4) is 0 Å². The second-order valence-electron chi connectivity index (χ2n) is 6.94. The first-order valence-electron chi connectivity index (χ1n) is 9.79. The highest BCUT2D eigenvalue weighted by Gasteiger charge is 2.12. The van der Waals surface area contributed by atoms with E-state index in [1.807, 2.05) is 6.92 Å². The number of aryl methyl sites for hydroxylation is 1. The summed E-state index contributed by atoms with van der Waals surface area (Å²) in [5.41, 5.74) is 0.755. The molecule has 12 heteroatoms. The number of primary sulfonamides is 1. The van der Waals surface area contributed by atoms with Crippen molar-refractivity contribution < 1.29 is 17.9 Å². The maximum Gasteiger partial charge on any atom is 0.291 e. The topological polar surface area (TPSA) is 146 Å². The third-order valence-electron chi connectivity index (χ3n) is 4.57. The standard InChI is InChI=1S/C21H19N5O5S2/c1-2-18-24-21-26(25-18)20(28)17(32-21)11-13-5-3-4-6-16(13)31-12-19(27)23-14-7-9-15(10-8-14)33(22,29)30/h3-11H,2,12H2,1H3,(H,23,27)(H2,22,29,30)/b17-11-. The van der Waals surface area contributed by atoms with Crippen LogP contribution in [0.25, 0.3) is 11.0 Å². The van der Waals surface area contributed by atoms with E-state index in [0.717, 1.165) is 0 Å². The van der Waals surface area contributed by atoms with Crippen LogP contribution in [0.4, 0.5) is 5.69 Å². The van der Waals surface area contributed by atoms with E-state index in [9.17, 15) is 18.0 Å². The molecule has 2 aromatic heterocycles. The fourth-order valence-electron chi connectivity index (χ4n) is 2.96. The normalized spacial score (nSPS) is 12.2. The number of sulfonamides is 1. The summed E-state index contributed by atoms with van der Waals surface area (Å²) in [5.74, 6) is 0.590. The Morgan fingerprint density at radius 2 is 1.94 bits per heavy atom. The van der Waals surface area contributed by atoms with Crippen molar-refractivity contribution in [2.45, 2.75) is 18.2 Å². The molecule has 33 heavy (non-hydrogen) atoms. The lowest BCUT2D eigenvalue weighted by molar-refractivity contribution is -0.118. The molecule has 0 spiro atoms. The fourth-order valence-corrected chi connectivity index (χ4v) is 4.40. The molecule has 2 heterocycles. The van der Waals surface area contributed by atoms with Crippen molar-refractivity contribution in [1.82, 2.24) is 14.6 Å². The number of carbonyl (C=O) groups excluding carboxylic acids is 1. The van der Waals surface area contributed by atoms with Crippen molar-refractivity contribution in [2.75, 3.05) is 11.9 Å². The van der Waals surface area contributed by atoms with E-state index < -0.39 is 15.9 Å². The van der Waals surface area contributed by atoms with Crippen molar-refractivity contribution in [3.63, 3.8) is 0 Å². The predicted molar refractivity (Wildman–Crippen MR) is 124 cm³/mol. The molecule has 1 amide bonds. The molecule has 3 N–H and O–H groups in total. The zero-order chi connectivity index (χ0) is 23.6. The number of hydrogen-bond acceptors (Lipinski definition) is 8. The highest BCUT2D eigenvalue weighted by molar-refractivity contribution is 7.89. The second-order valence-corrected chi connectivity index (χ2v) is 9.51. The van der Waals surface area contributed by atoms with Crippen molar-refractivity contribution in [2.24, 2.45) is 5.14 Å². The van der Waals surface area contributed by atoms with Gasteiger partial charge in [-0.2, -0.15) is 4.52 Å². The Morgan fingerprint density at radius 1 is 1.21 bits per heavy atom. The van der Waals surface area contributed by atoms with Crippen molar-refractivity contribution in [1.29, 1.82) is 0 Å². The van der Waals surface area contributed by atoms with E-state index in [4.69, 9.17) is 9.88 Å². The summed E-state index contributed by atoms with van der Waals surface area (Å²) in [4.78, 5) is 29.7. The molecule has 4 rings (SSSR count). The molecule has 0 saturated heterocycles. The van der Waals surface area contributed by atoms with E-state index in [-0.39, 0.29) is 17.1 Å². The zero-order valence-corrected chi connectivity index (χ0v) is 19.0. The van der Waals surface area contributed by atoms with Crippen LogP contribution in [0.5, 0.6) is 5.75 Å². The molecule has 10 nitrogen and oxygen atoms in total. The summed E-state index contributed by atoms with van der Waals surface area (Å²) in [7, 11) is -3.81. The molecule has 0 aliphatic carbocycles. The minimum absolute atomic E-state index is 0.0546. The Morgan fingerprint density at radius 3 is 2.61 bits per heavy atom. The number of nitrogens with one attached hydrogen (secondary N) is 1. The van der Waals surface area contributed by atoms with Gasteiger partial charge in [0.2, 0.25) is 15.0 Å². The summed E-state index contributed by atoms with van der Waals surface area (Å²) in [6.07, 6.45) is 2.32. The fraction of sp³-hybridized carbons (Fsp3) is 0.143. The Balaban J connectivity index is 1.49. The average Bonchev–Trinajstić information content (AvgIpc) is 3.32. The third-order valence-corrected chi connectivity index (χ3v) is 6.46. The highest BCUT2D eigenvalue weighted by atomic mass is 32.2. The molecule has 0 atom stereocenters. The number of thiazole rings is 1. The lowest BCUT2D eigenvalue weighted by Gasteiger charge is -2.10. The van der Waals surface area contributed by atoms with Gasteiger partial charge in [-0.25, -0.2) is 18.5 Å². The van der Waals surface area contributed by atoms with Crippen LogP contribution < -0.4 is 25.3 Å². The monoisotopic (exact) mass is 485 g/mol. The van der Waals surface area contributed by atoms with Gasteiger partial charge in [0.1, 0.15) is 5.75 Å². The van der Waals surface area contributed by atoms with Gasteiger partial charge in [0.25, 0.3) is 11.5 Å². The number of para-hydroxylation sites is 1. The van der Waals surface area contributed by atoms with Gasteiger partial charge in [0.15, 0.2) is 12.4 Å². The van der Waals surface area contributed by atoms with Gasteiger partial charge in [0, 0.05) is 17.7 Å². The first kappa shape index (κ1) is 22.6. The van der Waals surface area contributed by atoms with Crippen LogP contribution in [0.1, 0.15) is 18.3 Å². The molecule has 0 saturated carbocycles. The lowest BCUT2D eigenvalue weighted by atomic mass is 10.2. The Bertz CT molecular complexity index is 1540. The van der Waals surface area contributed by atoms with E-state index in [0.29, 0.717) is 38.7 Å². The Kier molecular flexibility index (Phi) is 6.22. The molecule has 170 valence electrons. The first-order chi connectivity index (χ1) is 15.7. The molecular formula is C21H19N5O5S2. The number of hydrogen-bond donors (Lipinski definition) is 2. The van der Waals surface area contributed by atoms with Gasteiger partial charge in [0.05, 0.1) is 9.43 Å². The molecule has 0 aliphatic heterocycles. The van der Waals surface area contributed by atoms with Crippen LogP contribution in [0, 0.1) is 0 Å². The molecular weight excluding hydrogens is 466 g/mol. The van der Waals surface area contributed by atoms with Crippen LogP contribution in [0.15, 0.2) is 58.2 Å². The number of nitrogens with zero attached hydrogens (tertiary/aromatic N) is 3. The molecule has 0 unspecified atom stereocenters. The van der Waals surface area contributed by atoms with Gasteiger partial charge in [-0.15, -0.1) is 5.10 Å². The predicted octanol–water partition coefficient (Wildman–Crippen LogP) is 0.926. The average molecular weight is 486 g/mol. The second kappa shape index (κ2) is 9.10. The number of rotatable bonds is 7. The zero-order valence-electron chi connectivity index (χ0n) is 17.4. The molecule has 0 aliphatic rings. The van der Waals surface area contributed by atoms with Gasteiger partial charge in [-0.05, 0) is 36.4 Å². The van der Waals surface area contributed by atoms with E-state index >= 15 is 0 Å². The minimum atomic E-state index is -3.81. The first-order valence-corrected chi connectivity index (χ1v) is 12.2. The minimum Gasteiger partial charge on any atom is -0.483 e. The van der Waals surface area contributed by atoms with Gasteiger partial charge < -0.3 is 10.1 Å². The van der Waals surface area contributed by atoms with Crippen molar-refractivity contribution in [3.8, 4) is 5.75 Å². The number of carbonyl (C=O) groups is 1. The SMILES string of the molecule is CCc1nc2s/c(=C\c3ccccc3OCC(=O)Nc3ccc(S(N)(=O)=O)cc3)c(=O)n2n1. The van der Waals surface area contributed by atoms with Gasteiger partial charge in [-0.3, -0.25) is 9.59 Å². The number of benzene rings is 2. The third kappa shape index (κ3) is 5.08. The van der Waals surface area contributed by atoms with Crippen molar-refractivity contribution in [3.05, 3.63) is 74.8 Å². The quantitative estimate of drug-likeness (QED) is 0.396. The summed E-state index contributed by atoms with van der Waals surface area (Å²) in [6.45, 7) is 1.63. The number of fused-ring (bicyclic) bond motifs is 1. The van der Waals surface area contributed by atoms with Crippen molar-refractivity contribution >= 4 is 44.0 Å². The van der Waals surface area contributed by atoms with E-state index in [1.54, 1.807) is 30.3 Å². The summed E-state index contributed by atoms with van der Waals surface area (Å²) >= 11 is 1.23.